The fourth-order valence-corrected chi connectivity index (χ4v) is 4.57. The van der Waals surface area contributed by atoms with E-state index in [-0.39, 0.29) is 5.70 Å². The van der Waals surface area contributed by atoms with Crippen molar-refractivity contribution in [2.45, 2.75) is 13.5 Å². The van der Waals surface area contributed by atoms with Crippen LogP contribution in [0.25, 0.3) is 16.8 Å². The van der Waals surface area contributed by atoms with Crippen LogP contribution in [0.3, 0.4) is 0 Å². The molecule has 5 rings (SSSR count). The summed E-state index contributed by atoms with van der Waals surface area (Å²) in [7, 11) is 0. The van der Waals surface area contributed by atoms with E-state index in [4.69, 9.17) is 32.7 Å². The van der Waals surface area contributed by atoms with Crippen molar-refractivity contribution in [3.05, 3.63) is 106 Å². The number of nitrogens with zero attached hydrogens (tertiary/aromatic N) is 1. The molecule has 6 nitrogen and oxygen atoms in total. The van der Waals surface area contributed by atoms with Crippen molar-refractivity contribution in [1.29, 1.82) is 0 Å². The fourth-order valence-electron chi connectivity index (χ4n) is 4.11. The summed E-state index contributed by atoms with van der Waals surface area (Å²) in [6.07, 6.45) is 1.55. The Bertz CT molecular complexity index is 1550. The summed E-state index contributed by atoms with van der Waals surface area (Å²) in [5, 5.41) is 5.62. The summed E-state index contributed by atoms with van der Waals surface area (Å²) < 4.78 is 11.9. The van der Waals surface area contributed by atoms with Gasteiger partial charge in [0, 0.05) is 5.02 Å². The summed E-state index contributed by atoms with van der Waals surface area (Å²) in [5.74, 6) is 0.338. The number of urea groups is 1. The molecule has 1 fully saturated rings. The summed E-state index contributed by atoms with van der Waals surface area (Å²) in [6, 6.07) is 23.6. The van der Waals surface area contributed by atoms with E-state index >= 15 is 0 Å². The monoisotopic (exact) mass is 532 g/mol. The molecular weight excluding hydrogens is 511 g/mol. The Labute approximate surface area is 224 Å². The maximum absolute atomic E-state index is 13.0. The number of benzene rings is 4. The number of halogens is 2. The van der Waals surface area contributed by atoms with Crippen molar-refractivity contribution in [1.82, 2.24) is 5.32 Å². The van der Waals surface area contributed by atoms with Crippen molar-refractivity contribution < 1.29 is 19.1 Å². The molecule has 0 aliphatic carbocycles. The molecule has 0 radical (unpaired) electrons. The number of anilines is 1. The Balaban J connectivity index is 1.40. The summed E-state index contributed by atoms with van der Waals surface area (Å²) in [5.41, 5.74) is 2.05. The molecule has 1 saturated heterocycles. The number of imide groups is 1. The Morgan fingerprint density at radius 3 is 2.49 bits per heavy atom. The predicted molar refractivity (Wildman–Crippen MR) is 146 cm³/mol. The molecule has 4 aromatic rings. The number of nitrogens with one attached hydrogen (secondary N) is 1. The first-order valence-corrected chi connectivity index (χ1v) is 12.4. The van der Waals surface area contributed by atoms with Crippen LogP contribution < -0.4 is 19.7 Å². The molecule has 0 unspecified atom stereocenters. The number of carbonyl (C=O) groups is 2. The molecule has 4 aromatic carbocycles. The molecule has 1 aliphatic heterocycles. The molecule has 0 spiro atoms. The highest BCUT2D eigenvalue weighted by molar-refractivity contribution is 6.33. The van der Waals surface area contributed by atoms with E-state index < -0.39 is 11.9 Å². The smallest absolute Gasteiger partial charge is 0.333 e. The van der Waals surface area contributed by atoms with E-state index in [0.717, 1.165) is 21.2 Å². The summed E-state index contributed by atoms with van der Waals surface area (Å²) in [4.78, 5) is 26.5. The lowest BCUT2D eigenvalue weighted by molar-refractivity contribution is -0.113. The van der Waals surface area contributed by atoms with Gasteiger partial charge in [0.05, 0.1) is 17.3 Å². The van der Waals surface area contributed by atoms with E-state index in [1.54, 1.807) is 42.5 Å². The van der Waals surface area contributed by atoms with Gasteiger partial charge in [-0.15, -0.1) is 0 Å². The summed E-state index contributed by atoms with van der Waals surface area (Å²) >= 11 is 12.6. The van der Waals surface area contributed by atoms with Crippen molar-refractivity contribution in [3.63, 3.8) is 0 Å². The zero-order chi connectivity index (χ0) is 25.9. The predicted octanol–water partition coefficient (Wildman–Crippen LogP) is 7.22. The molecule has 8 heteroatoms. The third-order valence-electron chi connectivity index (χ3n) is 5.78. The number of hydrogen-bond acceptors (Lipinski definition) is 4. The number of hydrogen-bond donors (Lipinski definition) is 1. The molecule has 37 heavy (non-hydrogen) atoms. The van der Waals surface area contributed by atoms with Crippen LogP contribution in [-0.4, -0.2) is 18.5 Å². The van der Waals surface area contributed by atoms with Crippen LogP contribution in [0.1, 0.15) is 18.1 Å². The highest BCUT2D eigenvalue weighted by Gasteiger charge is 2.35. The summed E-state index contributed by atoms with van der Waals surface area (Å²) in [6.45, 7) is 2.55. The largest absolute Gasteiger partial charge is 0.490 e. The van der Waals surface area contributed by atoms with Gasteiger partial charge in [0.1, 0.15) is 12.3 Å². The van der Waals surface area contributed by atoms with Crippen molar-refractivity contribution in [2.75, 3.05) is 11.5 Å². The van der Waals surface area contributed by atoms with E-state index in [1.807, 2.05) is 31.2 Å². The van der Waals surface area contributed by atoms with Gasteiger partial charge in [-0.05, 0) is 71.3 Å². The lowest BCUT2D eigenvalue weighted by Gasteiger charge is -2.15. The Kier molecular flexibility index (Phi) is 7.04. The van der Waals surface area contributed by atoms with Gasteiger partial charge in [-0.25, -0.2) is 9.69 Å². The minimum atomic E-state index is -0.565. The number of rotatable bonds is 7. The molecule has 1 aliphatic rings. The van der Waals surface area contributed by atoms with E-state index in [9.17, 15) is 9.59 Å². The molecule has 0 atom stereocenters. The van der Waals surface area contributed by atoms with Gasteiger partial charge >= 0.3 is 6.03 Å². The normalized spacial score (nSPS) is 14.4. The first-order valence-electron chi connectivity index (χ1n) is 11.6. The van der Waals surface area contributed by atoms with Crippen LogP contribution in [0, 0.1) is 0 Å². The van der Waals surface area contributed by atoms with Gasteiger partial charge in [-0.3, -0.25) is 4.79 Å². The average molecular weight is 533 g/mol. The minimum Gasteiger partial charge on any atom is -0.490 e. The van der Waals surface area contributed by atoms with Crippen LogP contribution in [0.4, 0.5) is 10.5 Å². The fraction of sp³-hybridized carbons (Fsp3) is 0.103. The lowest BCUT2D eigenvalue weighted by atomic mass is 10.1. The van der Waals surface area contributed by atoms with Gasteiger partial charge < -0.3 is 14.8 Å². The molecule has 3 amide bonds. The highest BCUT2D eigenvalue weighted by atomic mass is 35.5. The Hall–Kier alpha value is -4.00. The van der Waals surface area contributed by atoms with Gasteiger partial charge in [-0.2, -0.15) is 0 Å². The third kappa shape index (κ3) is 5.26. The lowest BCUT2D eigenvalue weighted by Crippen LogP contribution is -2.30. The van der Waals surface area contributed by atoms with Crippen LogP contribution in [0.15, 0.2) is 84.6 Å². The highest BCUT2D eigenvalue weighted by Crippen LogP contribution is 2.38. The molecule has 0 bridgehead atoms. The number of amides is 3. The van der Waals surface area contributed by atoms with Crippen molar-refractivity contribution in [3.8, 4) is 11.5 Å². The van der Waals surface area contributed by atoms with Crippen LogP contribution in [0.2, 0.25) is 10.0 Å². The maximum Gasteiger partial charge on any atom is 0.333 e. The zero-order valence-corrected chi connectivity index (χ0v) is 21.3. The molecule has 1 heterocycles. The van der Waals surface area contributed by atoms with Gasteiger partial charge in [-0.1, -0.05) is 65.7 Å². The SMILES string of the molecule is CCOc1cc(/C=C2/NC(=O)N(c3cccc(Cl)c3)C2=O)cc(Cl)c1OCc1ccc2ccccc2c1. The first-order chi connectivity index (χ1) is 17.9. The van der Waals surface area contributed by atoms with Gasteiger partial charge in [0.25, 0.3) is 5.91 Å². The molecule has 1 N–H and O–H groups in total. The van der Waals surface area contributed by atoms with Crippen molar-refractivity contribution >= 4 is 57.7 Å². The average Bonchev–Trinajstić information content (AvgIpc) is 3.16. The van der Waals surface area contributed by atoms with E-state index in [1.165, 1.54) is 0 Å². The second-order valence-corrected chi connectivity index (χ2v) is 9.19. The van der Waals surface area contributed by atoms with Crippen LogP contribution in [-0.2, 0) is 11.4 Å². The molecule has 186 valence electrons. The molecular formula is C29H22Cl2N2O4. The number of fused-ring (bicyclic) bond motifs is 1. The van der Waals surface area contributed by atoms with E-state index in [2.05, 4.69) is 23.5 Å². The van der Waals surface area contributed by atoms with Crippen LogP contribution in [0.5, 0.6) is 11.5 Å². The second-order valence-electron chi connectivity index (χ2n) is 8.34. The second kappa shape index (κ2) is 10.5. The quantitative estimate of drug-likeness (QED) is 0.201. The van der Waals surface area contributed by atoms with Gasteiger partial charge in [0.15, 0.2) is 11.5 Å². The van der Waals surface area contributed by atoms with Crippen LogP contribution >= 0.6 is 23.2 Å². The zero-order valence-electron chi connectivity index (χ0n) is 19.8. The first kappa shape index (κ1) is 24.7. The standard InChI is InChI=1S/C29H22Cl2N2O4/c1-2-36-26-15-19(14-25-28(34)33(29(35)32-25)23-9-5-8-22(30)16-23)13-24(31)27(26)37-17-18-10-11-20-6-3-4-7-21(20)12-18/h3-16H,2,17H2,1H3,(H,32,35)/b25-14+. The molecule has 0 saturated carbocycles. The Morgan fingerprint density at radius 2 is 1.70 bits per heavy atom. The molecule has 0 aromatic heterocycles. The van der Waals surface area contributed by atoms with Crippen molar-refractivity contribution in [2.24, 2.45) is 0 Å². The third-order valence-corrected chi connectivity index (χ3v) is 6.30. The minimum absolute atomic E-state index is 0.105. The van der Waals surface area contributed by atoms with E-state index in [0.29, 0.717) is 46.0 Å². The number of ether oxygens (including phenoxy) is 2. The Morgan fingerprint density at radius 1 is 0.892 bits per heavy atom. The maximum atomic E-state index is 13.0. The number of carbonyl (C=O) groups excluding carboxylic acids is 2. The van der Waals surface area contributed by atoms with Gasteiger partial charge in [0.2, 0.25) is 0 Å². The topological polar surface area (TPSA) is 67.9 Å².